The van der Waals surface area contributed by atoms with Crippen LogP contribution in [-0.4, -0.2) is 131 Å². The van der Waals surface area contributed by atoms with Crippen molar-refractivity contribution in [3.05, 3.63) is 0 Å². The molecule has 0 bridgehead atoms. The van der Waals surface area contributed by atoms with E-state index < -0.39 is 74.0 Å². The number of aliphatic carboxylic acids is 2. The summed E-state index contributed by atoms with van der Waals surface area (Å²) in [5.41, 5.74) is 0. The Kier molecular flexibility index (Phi) is 21.0. The van der Waals surface area contributed by atoms with Gasteiger partial charge in [0.25, 0.3) is 0 Å². The molecule has 16 heteroatoms. The summed E-state index contributed by atoms with van der Waals surface area (Å²) in [6.45, 7) is -1.73. The molecule has 164 valence electrons. The zero-order chi connectivity index (χ0) is 21.2. The normalized spacial score (nSPS) is 18.9. The third kappa shape index (κ3) is 11.9. The molecule has 15 nitrogen and oxygen atoms in total. The Labute approximate surface area is 170 Å². The quantitative estimate of drug-likeness (QED) is 0.132. The number of carbonyl (C=O) groups is 2. The van der Waals surface area contributed by atoms with E-state index in [1.54, 1.807) is 0 Å². The average Bonchev–Trinajstić information content (AvgIpc) is 2.62. The van der Waals surface area contributed by atoms with Crippen molar-refractivity contribution in [2.24, 2.45) is 0 Å². The topological polar surface area (TPSA) is 314 Å². The Bertz CT molecular complexity index is 386. The van der Waals surface area contributed by atoms with Crippen molar-refractivity contribution >= 4 is 11.9 Å². The average molecular weight is 474 g/mol. The van der Waals surface area contributed by atoms with Gasteiger partial charge in [0, 0.05) is 0 Å². The Morgan fingerprint density at radius 1 is 0.607 bits per heavy atom. The monoisotopic (exact) mass is 472 g/mol. The van der Waals surface area contributed by atoms with Gasteiger partial charge in [-0.2, -0.15) is 0 Å². The summed E-state index contributed by atoms with van der Waals surface area (Å²) in [6, 6.07) is 0. The summed E-state index contributed by atoms with van der Waals surface area (Å²) in [4.78, 5) is 20.0. The molecule has 28 heavy (non-hydrogen) atoms. The van der Waals surface area contributed by atoms with Crippen LogP contribution in [0.4, 0.5) is 0 Å². The molecule has 0 rings (SSSR count). The summed E-state index contributed by atoms with van der Waals surface area (Å²) in [5, 5.41) is 107. The van der Waals surface area contributed by atoms with Crippen molar-refractivity contribution in [2.45, 2.75) is 48.8 Å². The first kappa shape index (κ1) is 34.6. The number of hydrogen-bond acceptors (Lipinski definition) is 14. The number of carboxylic acids is 2. The number of carbonyl (C=O) groups excluding carboxylic acids is 2. The van der Waals surface area contributed by atoms with Crippen molar-refractivity contribution in [1.29, 1.82) is 0 Å². The van der Waals surface area contributed by atoms with Crippen molar-refractivity contribution < 1.29 is 95.8 Å². The number of aliphatic hydroxyl groups excluding tert-OH is 10. The van der Waals surface area contributed by atoms with Crippen molar-refractivity contribution in [3.63, 3.8) is 0 Å². The minimum Gasteiger partial charge on any atom is -0.547 e. The van der Waals surface area contributed by atoms with Gasteiger partial charge in [0.05, 0.1) is 25.2 Å². The molecule has 0 aliphatic rings. The first-order valence-corrected chi connectivity index (χ1v) is 6.91. The summed E-state index contributed by atoms with van der Waals surface area (Å²) >= 11 is 0. The molecule has 0 saturated heterocycles. The van der Waals surface area contributed by atoms with Gasteiger partial charge in [-0.3, -0.25) is 0 Å². The van der Waals surface area contributed by atoms with Gasteiger partial charge >= 0.3 is 19.5 Å². The van der Waals surface area contributed by atoms with Gasteiger partial charge in [-0.25, -0.2) is 0 Å². The molecule has 0 spiro atoms. The molecule has 12 N–H and O–H groups in total. The van der Waals surface area contributed by atoms with Gasteiger partial charge in [0.15, 0.2) is 0 Å². The van der Waals surface area contributed by atoms with Crippen LogP contribution in [-0.2, 0) is 29.1 Å². The van der Waals surface area contributed by atoms with Crippen LogP contribution in [0.2, 0.25) is 0 Å². The Morgan fingerprint density at radius 2 is 0.821 bits per heavy atom. The fourth-order valence-electron chi connectivity index (χ4n) is 1.32. The molecule has 0 heterocycles. The molecule has 0 amide bonds. The van der Waals surface area contributed by atoms with Crippen LogP contribution in [0.25, 0.3) is 0 Å². The van der Waals surface area contributed by atoms with Gasteiger partial charge in [0.2, 0.25) is 0 Å². The number of aliphatic hydroxyl groups is 10. The molecule has 0 aromatic carbocycles. The second-order valence-electron chi connectivity index (χ2n) is 4.99. The van der Waals surface area contributed by atoms with Gasteiger partial charge in [-0.05, 0) is 0 Å². The van der Waals surface area contributed by atoms with Crippen molar-refractivity contribution in [1.82, 2.24) is 0 Å². The molecule has 0 aliphatic heterocycles. The Morgan fingerprint density at radius 3 is 0.964 bits per heavy atom. The van der Waals surface area contributed by atoms with Crippen LogP contribution in [0.1, 0.15) is 0 Å². The summed E-state index contributed by atoms with van der Waals surface area (Å²) < 4.78 is 0. The number of rotatable bonds is 10. The Hall–Kier alpha value is -0.877. The first-order chi connectivity index (χ1) is 11.8. The minimum absolute atomic E-state index is 0. The SMILES string of the molecule is O.O=C([O-])[C@H](O)[C@@H](O)[C@H](O)[C@H](O)CO.O=C([O-])[C@H](O)[C@@H](O)[C@H](O)[C@H](O)CO.[Zn+2]. The number of carboxylic acid groups (broad SMARTS) is 2. The Balaban J connectivity index is -0.000000192. The van der Waals surface area contributed by atoms with E-state index in [-0.39, 0.29) is 25.0 Å². The molecule has 0 saturated carbocycles. The van der Waals surface area contributed by atoms with Gasteiger partial charge < -0.3 is 76.3 Å². The fraction of sp³-hybridized carbons (Fsp3) is 0.833. The van der Waals surface area contributed by atoms with Crippen molar-refractivity contribution in [2.75, 3.05) is 13.2 Å². The maximum absolute atomic E-state index is 9.98. The largest absolute Gasteiger partial charge is 2.00 e. The predicted octanol–water partition coefficient (Wildman–Crippen LogP) is -10.5. The van der Waals surface area contributed by atoms with Crippen LogP contribution in [0.15, 0.2) is 0 Å². The van der Waals surface area contributed by atoms with E-state index in [2.05, 4.69) is 0 Å². The zero-order valence-electron chi connectivity index (χ0n) is 14.3. The minimum atomic E-state index is -2.31. The van der Waals surface area contributed by atoms with Gasteiger partial charge in [0.1, 0.15) is 48.8 Å². The standard InChI is InChI=1S/2C6H12O7.H2O.Zn/c2*7-1-2(8)3(9)4(10)5(11)6(12)13;;/h2*2-5,7-11H,1H2,(H,12,13);1H2;/q;;;+2/p-2/t2*2-,3-,4+,5-;;/m11../s1. The predicted molar refractivity (Wildman–Crippen MR) is 75.9 cm³/mol. The van der Waals surface area contributed by atoms with Crippen LogP contribution >= 0.6 is 0 Å². The molecule has 0 fully saturated rings. The third-order valence-electron chi connectivity index (χ3n) is 2.99. The molecule has 0 aromatic rings. The van der Waals surface area contributed by atoms with E-state index in [1.807, 2.05) is 0 Å². The van der Waals surface area contributed by atoms with E-state index in [9.17, 15) is 19.8 Å². The number of hydrogen-bond donors (Lipinski definition) is 10. The smallest absolute Gasteiger partial charge is 0.547 e. The summed E-state index contributed by atoms with van der Waals surface area (Å²) in [6.07, 6.45) is -16.2. The summed E-state index contributed by atoms with van der Waals surface area (Å²) in [7, 11) is 0. The van der Waals surface area contributed by atoms with E-state index in [0.29, 0.717) is 0 Å². The molecule has 0 aromatic heterocycles. The van der Waals surface area contributed by atoms with Crippen LogP contribution < -0.4 is 10.2 Å². The van der Waals surface area contributed by atoms with E-state index in [4.69, 9.17) is 51.1 Å². The van der Waals surface area contributed by atoms with Gasteiger partial charge in [-0.1, -0.05) is 0 Å². The third-order valence-corrected chi connectivity index (χ3v) is 2.99. The summed E-state index contributed by atoms with van der Waals surface area (Å²) in [5.74, 6) is -3.95. The van der Waals surface area contributed by atoms with Crippen LogP contribution in [0, 0.1) is 0 Å². The maximum Gasteiger partial charge on any atom is 2.00 e. The van der Waals surface area contributed by atoms with E-state index in [0.717, 1.165) is 0 Å². The molecule has 0 unspecified atom stereocenters. The fourth-order valence-corrected chi connectivity index (χ4v) is 1.32. The van der Waals surface area contributed by atoms with Crippen LogP contribution in [0.3, 0.4) is 0 Å². The second kappa shape index (κ2) is 17.0. The zero-order valence-corrected chi connectivity index (χ0v) is 17.3. The molecule has 8 atom stereocenters. The molecular formula is C12H24O15Zn. The van der Waals surface area contributed by atoms with Crippen LogP contribution in [0.5, 0.6) is 0 Å². The van der Waals surface area contributed by atoms with Gasteiger partial charge in [-0.15, -0.1) is 0 Å². The molecular weight excluding hydrogens is 450 g/mol. The van der Waals surface area contributed by atoms with E-state index in [1.165, 1.54) is 0 Å². The van der Waals surface area contributed by atoms with Crippen molar-refractivity contribution in [3.8, 4) is 0 Å². The maximum atomic E-state index is 9.98. The first-order valence-electron chi connectivity index (χ1n) is 6.91. The molecule has 0 radical (unpaired) electrons. The van der Waals surface area contributed by atoms with E-state index >= 15 is 0 Å². The molecule has 0 aliphatic carbocycles. The second-order valence-corrected chi connectivity index (χ2v) is 4.99.